The third-order valence-electron chi connectivity index (χ3n) is 1.97. The number of epoxide rings is 1. The Hall–Kier alpha value is -1.36. The van der Waals surface area contributed by atoms with Crippen LogP contribution in [0.15, 0.2) is 12.7 Å². The van der Waals surface area contributed by atoms with E-state index >= 15 is 0 Å². The second-order valence-electron chi connectivity index (χ2n) is 4.41. The van der Waals surface area contributed by atoms with Crippen molar-refractivity contribution < 1.29 is 23.8 Å². The summed E-state index contributed by atoms with van der Waals surface area (Å²) in [5, 5.41) is 0. The molecule has 1 saturated heterocycles. The summed E-state index contributed by atoms with van der Waals surface area (Å²) in [6.07, 6.45) is 0.701. The Labute approximate surface area is 94.4 Å². The second-order valence-corrected chi connectivity index (χ2v) is 4.41. The van der Waals surface area contributed by atoms with Gasteiger partial charge in [0.2, 0.25) is 0 Å². The predicted octanol–water partition coefficient (Wildman–Crippen LogP) is 0.684. The van der Waals surface area contributed by atoms with Crippen LogP contribution in [0.1, 0.15) is 13.8 Å². The van der Waals surface area contributed by atoms with Crippen LogP contribution in [0.3, 0.4) is 0 Å². The van der Waals surface area contributed by atoms with Gasteiger partial charge < -0.3 is 14.2 Å². The first-order valence-electron chi connectivity index (χ1n) is 5.02. The van der Waals surface area contributed by atoms with Gasteiger partial charge in [0.25, 0.3) is 0 Å². The zero-order valence-corrected chi connectivity index (χ0v) is 9.52. The van der Waals surface area contributed by atoms with Gasteiger partial charge in [-0.05, 0) is 0 Å². The van der Waals surface area contributed by atoms with E-state index in [0.717, 1.165) is 6.08 Å². The molecule has 0 radical (unpaired) electrons. The highest BCUT2D eigenvalue weighted by molar-refractivity contribution is 5.81. The maximum Gasteiger partial charge on any atom is 0.337 e. The van der Waals surface area contributed by atoms with Crippen molar-refractivity contribution >= 4 is 11.9 Å². The molecule has 1 fully saturated rings. The molecule has 0 N–H and O–H groups in total. The molecule has 1 rings (SSSR count). The maximum absolute atomic E-state index is 11.2. The van der Waals surface area contributed by atoms with E-state index in [-0.39, 0.29) is 19.2 Å². The fraction of sp³-hybridized carbons (Fsp3) is 0.636. The van der Waals surface area contributed by atoms with Gasteiger partial charge in [-0.3, -0.25) is 0 Å². The number of hydrogen-bond donors (Lipinski definition) is 0. The summed E-state index contributed by atoms with van der Waals surface area (Å²) in [6.45, 7) is 7.77. The minimum absolute atomic E-state index is 0.177. The zero-order valence-electron chi connectivity index (χ0n) is 9.52. The topological polar surface area (TPSA) is 65.1 Å². The maximum atomic E-state index is 11.2. The lowest BCUT2D eigenvalue weighted by Gasteiger charge is -2.23. The van der Waals surface area contributed by atoms with Crippen molar-refractivity contribution in [2.45, 2.75) is 20.0 Å². The molecule has 0 aromatic carbocycles. The summed E-state index contributed by atoms with van der Waals surface area (Å²) < 4.78 is 14.7. The first-order valence-corrected chi connectivity index (χ1v) is 5.02. The van der Waals surface area contributed by atoms with Gasteiger partial charge in [-0.2, -0.15) is 0 Å². The molecule has 1 aliphatic rings. The quantitative estimate of drug-likeness (QED) is 0.380. The largest absolute Gasteiger partial charge is 0.463 e. The van der Waals surface area contributed by atoms with Crippen LogP contribution >= 0.6 is 0 Å². The lowest BCUT2D eigenvalue weighted by Crippen LogP contribution is -2.29. The first-order chi connectivity index (χ1) is 7.44. The van der Waals surface area contributed by atoms with Crippen LogP contribution in [-0.4, -0.2) is 37.9 Å². The smallest absolute Gasteiger partial charge is 0.337 e. The molecule has 1 unspecified atom stereocenters. The Morgan fingerprint density at radius 2 is 2.00 bits per heavy atom. The highest BCUT2D eigenvalue weighted by Gasteiger charge is 2.34. The molecule has 1 atom stereocenters. The fourth-order valence-corrected chi connectivity index (χ4v) is 0.911. The third-order valence-corrected chi connectivity index (χ3v) is 1.97. The van der Waals surface area contributed by atoms with E-state index in [1.54, 1.807) is 0 Å². The summed E-state index contributed by atoms with van der Waals surface area (Å²) in [5.74, 6) is -0.840. The average molecular weight is 228 g/mol. The summed E-state index contributed by atoms with van der Waals surface area (Å²) in [4.78, 5) is 22.0. The average Bonchev–Trinajstić information content (AvgIpc) is 3.06. The number of carbonyl (C=O) groups is 2. The number of hydrogen-bond acceptors (Lipinski definition) is 5. The molecular formula is C11H16O5. The molecule has 0 amide bonds. The van der Waals surface area contributed by atoms with Crippen molar-refractivity contribution in [1.82, 2.24) is 0 Å². The van der Waals surface area contributed by atoms with E-state index in [0.29, 0.717) is 6.61 Å². The minimum atomic E-state index is -0.482. The van der Waals surface area contributed by atoms with E-state index in [9.17, 15) is 9.59 Å². The fourth-order valence-electron chi connectivity index (χ4n) is 0.911. The molecule has 16 heavy (non-hydrogen) atoms. The Balaban J connectivity index is 2.23. The molecule has 1 heterocycles. The molecule has 1 aliphatic heterocycles. The predicted molar refractivity (Wildman–Crippen MR) is 55.6 cm³/mol. The molecule has 0 spiro atoms. The van der Waals surface area contributed by atoms with Crippen molar-refractivity contribution in [3.8, 4) is 0 Å². The van der Waals surface area contributed by atoms with Crippen LogP contribution in [0.5, 0.6) is 0 Å². The van der Waals surface area contributed by atoms with Crippen LogP contribution in [0.2, 0.25) is 0 Å². The van der Waals surface area contributed by atoms with E-state index < -0.39 is 17.5 Å². The molecule has 90 valence electrons. The van der Waals surface area contributed by atoms with Crippen molar-refractivity contribution in [2.75, 3.05) is 19.8 Å². The Kier molecular flexibility index (Phi) is 4.06. The van der Waals surface area contributed by atoms with E-state index in [2.05, 4.69) is 6.58 Å². The first kappa shape index (κ1) is 12.7. The van der Waals surface area contributed by atoms with Crippen LogP contribution in [0.25, 0.3) is 0 Å². The van der Waals surface area contributed by atoms with Crippen molar-refractivity contribution in [2.24, 2.45) is 5.41 Å². The van der Waals surface area contributed by atoms with E-state index in [1.807, 2.05) is 13.8 Å². The van der Waals surface area contributed by atoms with Crippen LogP contribution < -0.4 is 0 Å². The molecular weight excluding hydrogens is 212 g/mol. The summed E-state index contributed by atoms with van der Waals surface area (Å²) in [7, 11) is 0. The highest BCUT2D eigenvalue weighted by atomic mass is 16.6. The minimum Gasteiger partial charge on any atom is -0.463 e. The standard InChI is InChI=1S/C11H16O5/c1-4-9(12)15-6-11(2,3)7-16-10(13)8-5-14-8/h4,8H,1,5-7H2,2-3H3. The highest BCUT2D eigenvalue weighted by Crippen LogP contribution is 2.18. The lowest BCUT2D eigenvalue weighted by atomic mass is 9.96. The van der Waals surface area contributed by atoms with Gasteiger partial charge in [0, 0.05) is 11.5 Å². The molecule has 5 nitrogen and oxygen atoms in total. The second kappa shape index (κ2) is 5.12. The zero-order chi connectivity index (χ0) is 12.2. The summed E-state index contributed by atoms with van der Waals surface area (Å²) in [6, 6.07) is 0. The monoisotopic (exact) mass is 228 g/mol. The SMILES string of the molecule is C=CC(=O)OCC(C)(C)COC(=O)C1CO1. The summed E-state index contributed by atoms with van der Waals surface area (Å²) >= 11 is 0. The number of carbonyl (C=O) groups excluding carboxylic acids is 2. The Morgan fingerprint density at radius 1 is 1.44 bits per heavy atom. The van der Waals surface area contributed by atoms with E-state index in [1.165, 1.54) is 0 Å². The van der Waals surface area contributed by atoms with Gasteiger partial charge in [-0.15, -0.1) is 0 Å². The van der Waals surface area contributed by atoms with Crippen molar-refractivity contribution in [3.63, 3.8) is 0 Å². The normalized spacial score (nSPS) is 18.8. The number of esters is 2. The number of ether oxygens (including phenoxy) is 3. The molecule has 0 bridgehead atoms. The lowest BCUT2D eigenvalue weighted by molar-refractivity contribution is -0.151. The Bertz CT molecular complexity index is 291. The third kappa shape index (κ3) is 4.44. The van der Waals surface area contributed by atoms with Gasteiger partial charge >= 0.3 is 11.9 Å². The molecule has 0 saturated carbocycles. The van der Waals surface area contributed by atoms with Gasteiger partial charge in [0.15, 0.2) is 6.10 Å². The van der Waals surface area contributed by atoms with Crippen molar-refractivity contribution in [1.29, 1.82) is 0 Å². The van der Waals surface area contributed by atoms with Crippen LogP contribution in [0.4, 0.5) is 0 Å². The van der Waals surface area contributed by atoms with Crippen LogP contribution in [-0.2, 0) is 23.8 Å². The number of rotatable bonds is 6. The molecule has 0 aromatic heterocycles. The van der Waals surface area contributed by atoms with Gasteiger partial charge in [0.05, 0.1) is 19.8 Å². The summed E-state index contributed by atoms with van der Waals surface area (Å²) in [5.41, 5.74) is -0.413. The van der Waals surface area contributed by atoms with Gasteiger partial charge in [-0.1, -0.05) is 20.4 Å². The van der Waals surface area contributed by atoms with Gasteiger partial charge in [-0.25, -0.2) is 9.59 Å². The van der Waals surface area contributed by atoms with Crippen LogP contribution in [0, 0.1) is 5.41 Å². The molecule has 0 aromatic rings. The molecule has 0 aliphatic carbocycles. The molecule has 5 heteroatoms. The van der Waals surface area contributed by atoms with Gasteiger partial charge in [0.1, 0.15) is 0 Å². The van der Waals surface area contributed by atoms with E-state index in [4.69, 9.17) is 14.2 Å². The Morgan fingerprint density at radius 3 is 2.50 bits per heavy atom. The van der Waals surface area contributed by atoms with Crippen molar-refractivity contribution in [3.05, 3.63) is 12.7 Å².